The minimum Gasteiger partial charge on any atom is -0.300 e. The Hall–Kier alpha value is -1.48. The maximum Gasteiger partial charge on any atom is 0.0890 e. The van der Waals surface area contributed by atoms with Gasteiger partial charge in [0.25, 0.3) is 0 Å². The van der Waals surface area contributed by atoms with E-state index < -0.39 is 0 Å². The van der Waals surface area contributed by atoms with Crippen molar-refractivity contribution in [2.75, 3.05) is 13.6 Å². The van der Waals surface area contributed by atoms with Gasteiger partial charge in [-0.15, -0.1) is 0 Å². The molecule has 3 nitrogen and oxygen atoms in total. The Kier molecular flexibility index (Phi) is 3.47. The summed E-state index contributed by atoms with van der Waals surface area (Å²) in [5, 5.41) is 0. The second-order valence-electron chi connectivity index (χ2n) is 4.09. The largest absolute Gasteiger partial charge is 0.300 e. The van der Waals surface area contributed by atoms with Crippen LogP contribution in [0.1, 0.15) is 19.0 Å². The molecule has 0 unspecified atom stereocenters. The molecule has 16 heavy (non-hydrogen) atoms. The van der Waals surface area contributed by atoms with E-state index in [0.717, 1.165) is 36.2 Å². The van der Waals surface area contributed by atoms with Crippen molar-refractivity contribution < 1.29 is 0 Å². The molecule has 2 aromatic rings. The van der Waals surface area contributed by atoms with E-state index in [1.807, 2.05) is 30.5 Å². The Balaban J connectivity index is 2.19. The molecule has 0 bridgehead atoms. The number of para-hydroxylation sites is 2. The van der Waals surface area contributed by atoms with Gasteiger partial charge in [0.05, 0.1) is 22.9 Å². The summed E-state index contributed by atoms with van der Waals surface area (Å²) in [5.74, 6) is 0. The van der Waals surface area contributed by atoms with Gasteiger partial charge < -0.3 is 4.90 Å². The highest BCUT2D eigenvalue weighted by Gasteiger charge is 2.02. The predicted molar refractivity (Wildman–Crippen MR) is 66.2 cm³/mol. The maximum absolute atomic E-state index is 4.59. The summed E-state index contributed by atoms with van der Waals surface area (Å²) >= 11 is 0. The second kappa shape index (κ2) is 5.03. The van der Waals surface area contributed by atoms with Gasteiger partial charge in [-0.05, 0) is 32.1 Å². The molecule has 0 aliphatic heterocycles. The van der Waals surface area contributed by atoms with Gasteiger partial charge in [-0.25, -0.2) is 4.98 Å². The highest BCUT2D eigenvalue weighted by atomic mass is 15.1. The van der Waals surface area contributed by atoms with Crippen molar-refractivity contribution in [2.24, 2.45) is 0 Å². The van der Waals surface area contributed by atoms with Crippen molar-refractivity contribution in [3.63, 3.8) is 0 Å². The van der Waals surface area contributed by atoms with E-state index in [-0.39, 0.29) is 0 Å². The number of benzene rings is 1. The first-order valence-electron chi connectivity index (χ1n) is 5.69. The number of hydrogen-bond donors (Lipinski definition) is 0. The molecule has 0 atom stereocenters. The van der Waals surface area contributed by atoms with Crippen LogP contribution in [-0.4, -0.2) is 28.5 Å². The molecule has 0 radical (unpaired) electrons. The maximum atomic E-state index is 4.59. The van der Waals surface area contributed by atoms with Crippen molar-refractivity contribution in [1.82, 2.24) is 14.9 Å². The molecule has 0 aliphatic carbocycles. The van der Waals surface area contributed by atoms with E-state index in [0.29, 0.717) is 0 Å². The Labute approximate surface area is 96.1 Å². The van der Waals surface area contributed by atoms with Crippen LogP contribution in [0.25, 0.3) is 11.0 Å². The van der Waals surface area contributed by atoms with Crippen LogP contribution in [0.4, 0.5) is 0 Å². The Morgan fingerprint density at radius 3 is 2.69 bits per heavy atom. The average molecular weight is 215 g/mol. The van der Waals surface area contributed by atoms with Crippen molar-refractivity contribution >= 4 is 11.0 Å². The third kappa shape index (κ3) is 2.55. The molecule has 0 saturated heterocycles. The molecule has 1 aromatic heterocycles. The van der Waals surface area contributed by atoms with Crippen LogP contribution in [0.2, 0.25) is 0 Å². The summed E-state index contributed by atoms with van der Waals surface area (Å²) in [6.45, 7) is 4.14. The average Bonchev–Trinajstić information content (AvgIpc) is 2.29. The lowest BCUT2D eigenvalue weighted by atomic mass is 10.3. The summed E-state index contributed by atoms with van der Waals surface area (Å²) in [7, 11) is 2.11. The number of fused-ring (bicyclic) bond motifs is 1. The topological polar surface area (TPSA) is 29.0 Å². The van der Waals surface area contributed by atoms with Crippen molar-refractivity contribution in [3.05, 3.63) is 36.2 Å². The summed E-state index contributed by atoms with van der Waals surface area (Å²) in [5.41, 5.74) is 2.98. The number of aromatic nitrogens is 2. The molecule has 1 aromatic carbocycles. The molecule has 1 heterocycles. The molecule has 0 amide bonds. The first kappa shape index (κ1) is 11.0. The summed E-state index contributed by atoms with van der Waals surface area (Å²) < 4.78 is 0. The zero-order chi connectivity index (χ0) is 11.4. The third-order valence-corrected chi connectivity index (χ3v) is 2.54. The van der Waals surface area contributed by atoms with Gasteiger partial charge in [-0.2, -0.15) is 0 Å². The van der Waals surface area contributed by atoms with Gasteiger partial charge in [0.15, 0.2) is 0 Å². The second-order valence-corrected chi connectivity index (χ2v) is 4.09. The summed E-state index contributed by atoms with van der Waals surface area (Å²) in [4.78, 5) is 11.3. The van der Waals surface area contributed by atoms with Gasteiger partial charge >= 0.3 is 0 Å². The van der Waals surface area contributed by atoms with Crippen LogP contribution in [0.5, 0.6) is 0 Å². The highest BCUT2D eigenvalue weighted by Crippen LogP contribution is 2.09. The third-order valence-electron chi connectivity index (χ3n) is 2.54. The SMILES string of the molecule is CCCN(C)Cc1cnc2ccccc2n1. The lowest BCUT2D eigenvalue weighted by molar-refractivity contribution is 0.323. The Bertz CT molecular complexity index is 467. The molecule has 84 valence electrons. The lowest BCUT2D eigenvalue weighted by Gasteiger charge is -2.14. The fraction of sp³-hybridized carbons (Fsp3) is 0.385. The smallest absolute Gasteiger partial charge is 0.0890 e. The van der Waals surface area contributed by atoms with Crippen molar-refractivity contribution in [1.29, 1.82) is 0 Å². The lowest BCUT2D eigenvalue weighted by Crippen LogP contribution is -2.19. The van der Waals surface area contributed by atoms with Gasteiger partial charge in [0, 0.05) is 6.54 Å². The molecule has 0 saturated carbocycles. The first-order valence-corrected chi connectivity index (χ1v) is 5.69. The van der Waals surface area contributed by atoms with E-state index >= 15 is 0 Å². The van der Waals surface area contributed by atoms with E-state index in [1.165, 1.54) is 0 Å². The van der Waals surface area contributed by atoms with E-state index in [1.54, 1.807) is 0 Å². The fourth-order valence-corrected chi connectivity index (χ4v) is 1.81. The van der Waals surface area contributed by atoms with Crippen LogP contribution >= 0.6 is 0 Å². The predicted octanol–water partition coefficient (Wildman–Crippen LogP) is 2.47. The number of rotatable bonds is 4. The van der Waals surface area contributed by atoms with Gasteiger partial charge in [-0.1, -0.05) is 19.1 Å². The zero-order valence-corrected chi connectivity index (χ0v) is 9.85. The highest BCUT2D eigenvalue weighted by molar-refractivity contribution is 5.73. The quantitative estimate of drug-likeness (QED) is 0.784. The first-order chi connectivity index (χ1) is 7.79. The summed E-state index contributed by atoms with van der Waals surface area (Å²) in [6, 6.07) is 7.98. The normalized spacial score (nSPS) is 11.2. The summed E-state index contributed by atoms with van der Waals surface area (Å²) in [6.07, 6.45) is 3.03. The molecule has 0 spiro atoms. The molecular formula is C13H17N3. The van der Waals surface area contributed by atoms with Gasteiger partial charge in [0.2, 0.25) is 0 Å². The molecule has 3 heteroatoms. The van der Waals surface area contributed by atoms with Crippen molar-refractivity contribution in [2.45, 2.75) is 19.9 Å². The number of hydrogen-bond acceptors (Lipinski definition) is 3. The molecular weight excluding hydrogens is 198 g/mol. The van der Waals surface area contributed by atoms with Gasteiger partial charge in [0.1, 0.15) is 0 Å². The minimum absolute atomic E-state index is 0.867. The molecule has 0 aliphatic rings. The minimum atomic E-state index is 0.867. The van der Waals surface area contributed by atoms with E-state index in [2.05, 4.69) is 28.8 Å². The van der Waals surface area contributed by atoms with Gasteiger partial charge in [-0.3, -0.25) is 4.98 Å². The Morgan fingerprint density at radius 2 is 1.94 bits per heavy atom. The van der Waals surface area contributed by atoms with Crippen molar-refractivity contribution in [3.8, 4) is 0 Å². The van der Waals surface area contributed by atoms with E-state index in [4.69, 9.17) is 0 Å². The van der Waals surface area contributed by atoms with Crippen LogP contribution in [0, 0.1) is 0 Å². The fourth-order valence-electron chi connectivity index (χ4n) is 1.81. The standard InChI is InChI=1S/C13H17N3/c1-3-8-16(2)10-11-9-14-12-6-4-5-7-13(12)15-11/h4-7,9H,3,8,10H2,1-2H3. The monoisotopic (exact) mass is 215 g/mol. The van der Waals surface area contributed by atoms with Crippen LogP contribution in [0.15, 0.2) is 30.5 Å². The Morgan fingerprint density at radius 1 is 1.19 bits per heavy atom. The molecule has 0 N–H and O–H groups in total. The number of nitrogens with zero attached hydrogens (tertiary/aromatic N) is 3. The molecule has 2 rings (SSSR count). The van der Waals surface area contributed by atoms with E-state index in [9.17, 15) is 0 Å². The van der Waals surface area contributed by atoms with Crippen LogP contribution in [0.3, 0.4) is 0 Å². The zero-order valence-electron chi connectivity index (χ0n) is 9.85. The van der Waals surface area contributed by atoms with Crippen LogP contribution < -0.4 is 0 Å². The molecule has 0 fully saturated rings. The van der Waals surface area contributed by atoms with Crippen LogP contribution in [-0.2, 0) is 6.54 Å².